The molecule has 2 aliphatic rings. The van der Waals surface area contributed by atoms with E-state index in [2.05, 4.69) is 29.5 Å². The fourth-order valence-corrected chi connectivity index (χ4v) is 3.77. The number of rotatable bonds is 4. The number of aryl methyl sites for hydroxylation is 1. The maximum Gasteiger partial charge on any atom is 0.254 e. The van der Waals surface area contributed by atoms with Crippen LogP contribution in [0.5, 0.6) is 0 Å². The minimum absolute atomic E-state index is 0.0818. The quantitative estimate of drug-likeness (QED) is 0.710. The van der Waals surface area contributed by atoms with Crippen LogP contribution in [0.15, 0.2) is 42.7 Å². The van der Waals surface area contributed by atoms with Crippen LogP contribution in [-0.2, 0) is 13.1 Å². The number of pyridine rings is 1. The predicted molar refractivity (Wildman–Crippen MR) is 104 cm³/mol. The molecule has 5 nitrogen and oxygen atoms in total. The summed E-state index contributed by atoms with van der Waals surface area (Å²) in [5.74, 6) is 0.867. The first-order valence-electron chi connectivity index (χ1n) is 9.48. The third kappa shape index (κ3) is 2.93. The van der Waals surface area contributed by atoms with Crippen molar-refractivity contribution in [3.63, 3.8) is 0 Å². The van der Waals surface area contributed by atoms with Crippen LogP contribution in [-0.4, -0.2) is 32.6 Å². The number of hydrogen-bond acceptors (Lipinski definition) is 3. The van der Waals surface area contributed by atoms with Gasteiger partial charge in [0.15, 0.2) is 0 Å². The first-order valence-corrected chi connectivity index (χ1v) is 9.48. The van der Waals surface area contributed by atoms with Gasteiger partial charge in [-0.25, -0.2) is 0 Å². The van der Waals surface area contributed by atoms with Crippen molar-refractivity contribution >= 4 is 5.91 Å². The summed E-state index contributed by atoms with van der Waals surface area (Å²) in [6.45, 7) is 3.67. The van der Waals surface area contributed by atoms with Crippen molar-refractivity contribution in [2.75, 3.05) is 7.05 Å². The van der Waals surface area contributed by atoms with Crippen LogP contribution in [0.2, 0.25) is 0 Å². The summed E-state index contributed by atoms with van der Waals surface area (Å²) in [6, 6.07) is 10.3. The summed E-state index contributed by atoms with van der Waals surface area (Å²) in [6.07, 6.45) is 6.65. The minimum atomic E-state index is 0.0818. The van der Waals surface area contributed by atoms with Gasteiger partial charge in [0.05, 0.1) is 11.9 Å². The third-order valence-electron chi connectivity index (χ3n) is 5.49. The standard InChI is InChI=1S/C22H22N4O/c1-14-3-8-19(18-10-23-26(13-18)11-15-4-5-15)21(24-14)16-6-7-17-12-25(2)22(27)20(17)9-16/h3,6-10,13,15H,4-5,11-12H2,1-2H3. The molecule has 27 heavy (non-hydrogen) atoms. The maximum atomic E-state index is 12.4. The molecule has 1 aromatic carbocycles. The average Bonchev–Trinajstić information content (AvgIpc) is 3.28. The van der Waals surface area contributed by atoms with E-state index in [1.165, 1.54) is 12.8 Å². The largest absolute Gasteiger partial charge is 0.337 e. The summed E-state index contributed by atoms with van der Waals surface area (Å²) in [7, 11) is 1.84. The lowest BCUT2D eigenvalue weighted by Crippen LogP contribution is -2.17. The maximum absolute atomic E-state index is 12.4. The zero-order valence-electron chi connectivity index (χ0n) is 15.6. The fraction of sp³-hybridized carbons (Fsp3) is 0.318. The van der Waals surface area contributed by atoms with E-state index in [1.807, 2.05) is 37.0 Å². The fourth-order valence-electron chi connectivity index (χ4n) is 3.77. The number of carbonyl (C=O) groups is 1. The van der Waals surface area contributed by atoms with Crippen LogP contribution in [0.4, 0.5) is 0 Å². The molecule has 1 saturated carbocycles. The molecule has 0 spiro atoms. The number of aromatic nitrogens is 3. The van der Waals surface area contributed by atoms with Crippen molar-refractivity contribution in [2.24, 2.45) is 5.92 Å². The van der Waals surface area contributed by atoms with Crippen molar-refractivity contribution in [1.29, 1.82) is 0 Å². The Kier molecular flexibility index (Phi) is 3.64. The minimum Gasteiger partial charge on any atom is -0.337 e. The highest BCUT2D eigenvalue weighted by Crippen LogP contribution is 2.34. The molecule has 0 N–H and O–H groups in total. The van der Waals surface area contributed by atoms with E-state index in [4.69, 9.17) is 4.98 Å². The Labute approximate surface area is 158 Å². The van der Waals surface area contributed by atoms with E-state index in [0.29, 0.717) is 6.54 Å². The van der Waals surface area contributed by atoms with Gasteiger partial charge in [-0.3, -0.25) is 14.5 Å². The second kappa shape index (κ2) is 6.05. The molecule has 3 aromatic rings. The van der Waals surface area contributed by atoms with Crippen LogP contribution < -0.4 is 0 Å². The highest BCUT2D eigenvalue weighted by atomic mass is 16.2. The zero-order chi connectivity index (χ0) is 18.5. The lowest BCUT2D eigenvalue weighted by Gasteiger charge is -2.10. The Hall–Kier alpha value is -2.95. The van der Waals surface area contributed by atoms with Crippen LogP contribution >= 0.6 is 0 Å². The van der Waals surface area contributed by atoms with E-state index in [0.717, 1.165) is 51.7 Å². The van der Waals surface area contributed by atoms with Crippen LogP contribution in [0.3, 0.4) is 0 Å². The Bertz CT molecular complexity index is 1050. The zero-order valence-corrected chi connectivity index (χ0v) is 15.6. The monoisotopic (exact) mass is 358 g/mol. The number of benzene rings is 1. The summed E-state index contributed by atoms with van der Waals surface area (Å²) >= 11 is 0. The van der Waals surface area contributed by atoms with E-state index in [-0.39, 0.29) is 5.91 Å². The Morgan fingerprint density at radius 2 is 1.96 bits per heavy atom. The Balaban J connectivity index is 1.58. The first-order chi connectivity index (χ1) is 13.1. The molecule has 1 aliphatic heterocycles. The lowest BCUT2D eigenvalue weighted by atomic mass is 9.98. The number of amides is 1. The molecule has 5 heteroatoms. The smallest absolute Gasteiger partial charge is 0.254 e. The molecule has 2 aromatic heterocycles. The predicted octanol–water partition coefficient (Wildman–Crippen LogP) is 3.92. The summed E-state index contributed by atoms with van der Waals surface area (Å²) in [5.41, 5.74) is 6.84. The highest BCUT2D eigenvalue weighted by molar-refractivity contribution is 5.99. The van der Waals surface area contributed by atoms with Gasteiger partial charge in [-0.1, -0.05) is 18.2 Å². The van der Waals surface area contributed by atoms with Gasteiger partial charge in [0.25, 0.3) is 5.91 Å². The topological polar surface area (TPSA) is 51.0 Å². The average molecular weight is 358 g/mol. The molecular formula is C22H22N4O. The van der Waals surface area contributed by atoms with E-state index >= 15 is 0 Å². The summed E-state index contributed by atoms with van der Waals surface area (Å²) in [4.78, 5) is 19.0. The first kappa shape index (κ1) is 16.2. The molecular weight excluding hydrogens is 336 g/mol. The van der Waals surface area contributed by atoms with Crippen molar-refractivity contribution in [2.45, 2.75) is 32.9 Å². The second-order valence-corrected chi connectivity index (χ2v) is 7.78. The second-order valence-electron chi connectivity index (χ2n) is 7.78. The van der Waals surface area contributed by atoms with Gasteiger partial charge >= 0.3 is 0 Å². The lowest BCUT2D eigenvalue weighted by molar-refractivity contribution is 0.0816. The van der Waals surface area contributed by atoms with Gasteiger partial charge < -0.3 is 4.90 Å². The molecule has 0 atom stereocenters. The van der Waals surface area contributed by atoms with Crippen molar-refractivity contribution < 1.29 is 4.79 Å². The van der Waals surface area contributed by atoms with E-state index < -0.39 is 0 Å². The van der Waals surface area contributed by atoms with Crippen LogP contribution in [0.1, 0.15) is 34.5 Å². The number of fused-ring (bicyclic) bond motifs is 1. The van der Waals surface area contributed by atoms with Crippen LogP contribution in [0.25, 0.3) is 22.4 Å². The van der Waals surface area contributed by atoms with E-state index in [9.17, 15) is 4.79 Å². The van der Waals surface area contributed by atoms with E-state index in [1.54, 1.807) is 4.90 Å². The molecule has 1 fully saturated rings. The summed E-state index contributed by atoms with van der Waals surface area (Å²) < 4.78 is 2.04. The Morgan fingerprint density at radius 1 is 1.11 bits per heavy atom. The normalized spacial score (nSPS) is 16.1. The SMILES string of the molecule is Cc1ccc(-c2cnn(CC3CC3)c2)c(-c2ccc3c(c2)C(=O)N(C)C3)n1. The molecule has 136 valence electrons. The number of nitrogens with zero attached hydrogens (tertiary/aromatic N) is 4. The summed E-state index contributed by atoms with van der Waals surface area (Å²) in [5, 5.41) is 4.54. The van der Waals surface area contributed by atoms with Crippen LogP contribution in [0, 0.1) is 12.8 Å². The molecule has 1 amide bonds. The van der Waals surface area contributed by atoms with Gasteiger partial charge in [0.2, 0.25) is 0 Å². The van der Waals surface area contributed by atoms with Gasteiger partial charge in [-0.15, -0.1) is 0 Å². The molecule has 0 unspecified atom stereocenters. The van der Waals surface area contributed by atoms with Gasteiger partial charge in [0.1, 0.15) is 0 Å². The van der Waals surface area contributed by atoms with Gasteiger partial charge in [-0.05, 0) is 43.4 Å². The molecule has 0 bridgehead atoms. The van der Waals surface area contributed by atoms with Crippen molar-refractivity contribution in [1.82, 2.24) is 19.7 Å². The molecule has 1 aliphatic carbocycles. The molecule has 3 heterocycles. The molecule has 5 rings (SSSR count). The highest BCUT2D eigenvalue weighted by Gasteiger charge is 2.25. The van der Waals surface area contributed by atoms with Gasteiger partial charge in [-0.2, -0.15) is 5.10 Å². The van der Waals surface area contributed by atoms with Gasteiger partial charge in [0, 0.05) is 54.3 Å². The Morgan fingerprint density at radius 3 is 2.78 bits per heavy atom. The molecule has 0 radical (unpaired) electrons. The van der Waals surface area contributed by atoms with Crippen molar-refractivity contribution in [3.05, 3.63) is 59.5 Å². The van der Waals surface area contributed by atoms with Crippen molar-refractivity contribution in [3.8, 4) is 22.4 Å². The number of carbonyl (C=O) groups excluding carboxylic acids is 1. The third-order valence-corrected chi connectivity index (χ3v) is 5.49. The number of hydrogen-bond donors (Lipinski definition) is 0. The molecule has 0 saturated heterocycles.